The Balaban J connectivity index is 1.06. The fourth-order valence-corrected chi connectivity index (χ4v) is 12.8. The van der Waals surface area contributed by atoms with Crippen molar-refractivity contribution in [1.82, 2.24) is 0 Å². The van der Waals surface area contributed by atoms with Gasteiger partial charge < -0.3 is 4.90 Å². The molecule has 0 aliphatic heterocycles. The minimum absolute atomic E-state index is 0.112. The number of allylic oxidation sites excluding steroid dienone is 4. The van der Waals surface area contributed by atoms with Crippen LogP contribution in [0.25, 0.3) is 48.0 Å². The summed E-state index contributed by atoms with van der Waals surface area (Å²) in [5.41, 5.74) is 19.4. The number of fused-ring (bicyclic) bond motifs is 12. The van der Waals surface area contributed by atoms with Gasteiger partial charge in [-0.25, -0.2) is 0 Å². The van der Waals surface area contributed by atoms with Crippen molar-refractivity contribution < 1.29 is 0 Å². The molecule has 0 fully saturated rings. The molecule has 13 rings (SSSR count). The maximum atomic E-state index is 2.67. The van der Waals surface area contributed by atoms with E-state index in [2.05, 4.69) is 235 Å². The van der Waals surface area contributed by atoms with Gasteiger partial charge in [-0.15, -0.1) is 11.3 Å². The monoisotopic (exact) mass is 833 g/mol. The Morgan fingerprint density at radius 1 is 0.469 bits per heavy atom. The highest BCUT2D eigenvalue weighted by Gasteiger charge is 2.55. The summed E-state index contributed by atoms with van der Waals surface area (Å²) in [6.45, 7) is 0. The molecule has 1 aromatic heterocycles. The molecule has 3 aliphatic carbocycles. The number of rotatable bonds is 7. The van der Waals surface area contributed by atoms with Gasteiger partial charge in [-0.05, 0) is 133 Å². The fourth-order valence-electron chi connectivity index (χ4n) is 11.5. The van der Waals surface area contributed by atoms with Crippen LogP contribution in [0, 0.1) is 0 Å². The van der Waals surface area contributed by atoms with E-state index in [9.17, 15) is 0 Å². The molecule has 1 spiro atoms. The van der Waals surface area contributed by atoms with E-state index in [1.807, 2.05) is 11.3 Å². The number of hydrogen-bond acceptors (Lipinski definition) is 2. The SMILES string of the molecule is C1=C([C@@H](c2ccccc2)c2cccc3ccccc23)CCC2=C1C1(c3ccccc32)c2cc(N(c3ccccc3)c3ccc(-c4ccccc4)cc3)ccc2-c2sc3ccccc3c21. The third-order valence-electron chi connectivity index (χ3n) is 14.1. The van der Waals surface area contributed by atoms with Crippen LogP contribution in [0.15, 0.2) is 242 Å². The standard InChI is InChI=1S/C62H43NS/c1-4-17-41(18-5-1)42-31-34-47(35-32-42)63(46-23-8-3-9-24-46)48-36-38-53-57(40-48)62(60-54-27-13-15-30-58(54)64-61(53)60)55-29-14-12-26-50(55)51-37-33-45(39-56(51)62)59(44-20-6-2-7-21-44)52-28-16-22-43-19-10-11-25-49(43)52/h1-32,34-36,38-40,59H,33,37H2/t59-,62?/m1/s1. The minimum Gasteiger partial charge on any atom is -0.310 e. The molecule has 64 heavy (non-hydrogen) atoms. The highest BCUT2D eigenvalue weighted by Crippen LogP contribution is 2.67. The lowest BCUT2D eigenvalue weighted by atomic mass is 9.67. The molecule has 1 heterocycles. The van der Waals surface area contributed by atoms with Gasteiger partial charge in [0.15, 0.2) is 0 Å². The summed E-state index contributed by atoms with van der Waals surface area (Å²) in [4.78, 5) is 3.83. The number of thiophene rings is 1. The number of anilines is 3. The van der Waals surface area contributed by atoms with E-state index in [0.29, 0.717) is 0 Å². The summed E-state index contributed by atoms with van der Waals surface area (Å²) in [7, 11) is 0. The Morgan fingerprint density at radius 3 is 1.94 bits per heavy atom. The van der Waals surface area contributed by atoms with Crippen molar-refractivity contribution in [2.45, 2.75) is 24.2 Å². The van der Waals surface area contributed by atoms with Crippen LogP contribution in [0.1, 0.15) is 52.1 Å². The molecule has 1 nitrogen and oxygen atoms in total. The van der Waals surface area contributed by atoms with Crippen LogP contribution in [0.5, 0.6) is 0 Å². The molecule has 0 bridgehead atoms. The van der Waals surface area contributed by atoms with Crippen molar-refractivity contribution in [3.05, 3.63) is 275 Å². The van der Waals surface area contributed by atoms with Crippen molar-refractivity contribution >= 4 is 54.8 Å². The second-order valence-corrected chi connectivity index (χ2v) is 18.5. The van der Waals surface area contributed by atoms with E-state index < -0.39 is 5.41 Å². The predicted octanol–water partition coefficient (Wildman–Crippen LogP) is 16.8. The van der Waals surface area contributed by atoms with Crippen LogP contribution in [-0.2, 0) is 5.41 Å². The molecule has 0 saturated carbocycles. The minimum atomic E-state index is -0.503. The lowest BCUT2D eigenvalue weighted by Gasteiger charge is -2.35. The van der Waals surface area contributed by atoms with E-state index in [0.717, 1.165) is 29.9 Å². The molecule has 3 aliphatic rings. The molecule has 0 N–H and O–H groups in total. The molecular formula is C62H43NS. The normalized spacial score (nSPS) is 16.3. The highest BCUT2D eigenvalue weighted by atomic mass is 32.1. The average Bonchev–Trinajstić information content (AvgIpc) is 3.99. The van der Waals surface area contributed by atoms with Crippen LogP contribution in [-0.4, -0.2) is 0 Å². The molecule has 10 aromatic rings. The zero-order valence-corrected chi connectivity index (χ0v) is 36.1. The number of para-hydroxylation sites is 1. The summed E-state index contributed by atoms with van der Waals surface area (Å²) < 4.78 is 1.34. The maximum absolute atomic E-state index is 2.67. The average molecular weight is 834 g/mol. The van der Waals surface area contributed by atoms with Crippen molar-refractivity contribution in [2.75, 3.05) is 4.90 Å². The molecule has 1 unspecified atom stereocenters. The van der Waals surface area contributed by atoms with E-state index in [1.165, 1.54) is 92.5 Å². The summed E-state index contributed by atoms with van der Waals surface area (Å²) in [5.74, 6) is 0.112. The topological polar surface area (TPSA) is 3.24 Å². The Bertz CT molecular complexity index is 3480. The first kappa shape index (κ1) is 37.1. The van der Waals surface area contributed by atoms with E-state index in [-0.39, 0.29) is 5.92 Å². The Morgan fingerprint density at radius 2 is 1.11 bits per heavy atom. The molecule has 2 heteroatoms. The lowest BCUT2D eigenvalue weighted by Crippen LogP contribution is -2.28. The summed E-state index contributed by atoms with van der Waals surface area (Å²) in [6.07, 6.45) is 4.66. The van der Waals surface area contributed by atoms with Gasteiger partial charge >= 0.3 is 0 Å². The molecule has 302 valence electrons. The summed E-state index contributed by atoms with van der Waals surface area (Å²) in [5, 5.41) is 3.96. The van der Waals surface area contributed by atoms with Crippen LogP contribution in [0.4, 0.5) is 17.1 Å². The van der Waals surface area contributed by atoms with E-state index in [1.54, 1.807) is 0 Å². The molecule has 0 saturated heterocycles. The van der Waals surface area contributed by atoms with Gasteiger partial charge in [-0.3, -0.25) is 0 Å². The van der Waals surface area contributed by atoms with E-state index >= 15 is 0 Å². The zero-order valence-electron chi connectivity index (χ0n) is 35.3. The van der Waals surface area contributed by atoms with Gasteiger partial charge in [0.25, 0.3) is 0 Å². The van der Waals surface area contributed by atoms with Crippen LogP contribution in [0.2, 0.25) is 0 Å². The maximum Gasteiger partial charge on any atom is 0.0737 e. The van der Waals surface area contributed by atoms with Crippen LogP contribution in [0.3, 0.4) is 0 Å². The first-order chi connectivity index (χ1) is 31.8. The Kier molecular flexibility index (Phi) is 8.57. The van der Waals surface area contributed by atoms with Crippen molar-refractivity contribution in [3.63, 3.8) is 0 Å². The third-order valence-corrected chi connectivity index (χ3v) is 15.3. The van der Waals surface area contributed by atoms with E-state index in [4.69, 9.17) is 0 Å². The van der Waals surface area contributed by atoms with Gasteiger partial charge in [0.05, 0.1) is 5.41 Å². The second kappa shape index (κ2) is 14.8. The molecule has 0 amide bonds. The molecular weight excluding hydrogens is 791 g/mol. The van der Waals surface area contributed by atoms with Crippen LogP contribution < -0.4 is 4.90 Å². The molecule has 2 atom stereocenters. The van der Waals surface area contributed by atoms with Gasteiger partial charge in [0.2, 0.25) is 0 Å². The molecule has 9 aromatic carbocycles. The summed E-state index contributed by atoms with van der Waals surface area (Å²) >= 11 is 1.96. The molecule has 0 radical (unpaired) electrons. The second-order valence-electron chi connectivity index (χ2n) is 17.4. The van der Waals surface area contributed by atoms with Gasteiger partial charge in [-0.1, -0.05) is 194 Å². The first-order valence-corrected chi connectivity index (χ1v) is 23.3. The Labute approximate surface area is 378 Å². The predicted molar refractivity (Wildman–Crippen MR) is 270 cm³/mol. The van der Waals surface area contributed by atoms with Crippen molar-refractivity contribution in [1.29, 1.82) is 0 Å². The van der Waals surface area contributed by atoms with Gasteiger partial charge in [0, 0.05) is 32.6 Å². The third kappa shape index (κ3) is 5.56. The Hall–Kier alpha value is -7.52. The van der Waals surface area contributed by atoms with Gasteiger partial charge in [-0.2, -0.15) is 0 Å². The highest BCUT2D eigenvalue weighted by molar-refractivity contribution is 7.22. The van der Waals surface area contributed by atoms with Crippen molar-refractivity contribution in [3.8, 4) is 21.6 Å². The first-order valence-electron chi connectivity index (χ1n) is 22.5. The largest absolute Gasteiger partial charge is 0.310 e. The fraction of sp³-hybridized carbons (Fsp3) is 0.0645. The van der Waals surface area contributed by atoms with Crippen LogP contribution >= 0.6 is 11.3 Å². The quantitative estimate of drug-likeness (QED) is 0.155. The smallest absolute Gasteiger partial charge is 0.0737 e. The number of benzene rings is 9. The van der Waals surface area contributed by atoms with Crippen molar-refractivity contribution in [2.24, 2.45) is 0 Å². The number of nitrogens with zero attached hydrogens (tertiary/aromatic N) is 1. The van der Waals surface area contributed by atoms with Gasteiger partial charge in [0.1, 0.15) is 0 Å². The summed E-state index contributed by atoms with van der Waals surface area (Å²) in [6, 6.07) is 83.5. The zero-order chi connectivity index (χ0) is 42.2. The lowest BCUT2D eigenvalue weighted by molar-refractivity contribution is 0.768. The number of hydrogen-bond donors (Lipinski definition) is 0.